The highest BCUT2D eigenvalue weighted by Gasteiger charge is 2.28. The van der Waals surface area contributed by atoms with Crippen LogP contribution in [0.25, 0.3) is 11.6 Å². The fourth-order valence-corrected chi connectivity index (χ4v) is 2.87. The number of rotatable bonds is 4. The van der Waals surface area contributed by atoms with Crippen LogP contribution in [0.5, 0.6) is 0 Å². The molecule has 0 aromatic carbocycles. The van der Waals surface area contributed by atoms with Crippen molar-refractivity contribution >= 4 is 35.0 Å². The van der Waals surface area contributed by atoms with Gasteiger partial charge in [0.25, 0.3) is 11.6 Å². The number of amides is 1. The Morgan fingerprint density at radius 1 is 1.42 bits per heavy atom. The number of H-pyrrole nitrogens is 1. The molecule has 2 aromatic heterocycles. The molecule has 2 aromatic rings. The van der Waals surface area contributed by atoms with Gasteiger partial charge in [0.15, 0.2) is 0 Å². The van der Waals surface area contributed by atoms with Gasteiger partial charge in [-0.25, -0.2) is 9.78 Å². The first-order chi connectivity index (χ1) is 12.3. The minimum absolute atomic E-state index is 0.210. The van der Waals surface area contributed by atoms with Crippen molar-refractivity contribution < 1.29 is 19.2 Å². The number of aryl methyl sites for hydroxylation is 1. The average Bonchev–Trinajstić information content (AvgIpc) is 3.04. The molecule has 2 N–H and O–H groups in total. The molecule has 9 heteroatoms. The van der Waals surface area contributed by atoms with Gasteiger partial charge in [-0.05, 0) is 32.4 Å². The number of ether oxygens (including phenoxy) is 1. The van der Waals surface area contributed by atoms with Crippen LogP contribution in [0.1, 0.15) is 39.8 Å². The number of carbonyl (C=O) groups excluding carboxylic acids is 2. The van der Waals surface area contributed by atoms with E-state index in [2.05, 4.69) is 15.3 Å². The zero-order valence-corrected chi connectivity index (χ0v) is 14.4. The highest BCUT2D eigenvalue weighted by atomic mass is 16.6. The molecule has 0 saturated heterocycles. The molecule has 3 heterocycles. The van der Waals surface area contributed by atoms with Crippen LogP contribution < -0.4 is 5.32 Å². The molecule has 1 aliphatic rings. The summed E-state index contributed by atoms with van der Waals surface area (Å²) in [5.41, 5.74) is 2.57. The van der Waals surface area contributed by atoms with E-state index in [1.807, 2.05) is 0 Å². The van der Waals surface area contributed by atoms with Crippen LogP contribution in [0, 0.1) is 24.0 Å². The Kier molecular flexibility index (Phi) is 4.29. The smallest absolute Gasteiger partial charge is 0.340 e. The molecule has 9 nitrogen and oxygen atoms in total. The lowest BCUT2D eigenvalue weighted by molar-refractivity contribution is -0.385. The van der Waals surface area contributed by atoms with Gasteiger partial charge >= 0.3 is 5.97 Å². The van der Waals surface area contributed by atoms with E-state index >= 15 is 0 Å². The molecule has 0 atom stereocenters. The molecule has 0 aliphatic carbocycles. The Bertz CT molecular complexity index is 974. The number of carbonyl (C=O) groups is 2. The Hall–Kier alpha value is -3.49. The van der Waals surface area contributed by atoms with E-state index in [0.717, 1.165) is 6.20 Å². The Labute approximate surface area is 148 Å². The van der Waals surface area contributed by atoms with Crippen molar-refractivity contribution in [2.45, 2.75) is 20.8 Å². The van der Waals surface area contributed by atoms with Crippen LogP contribution in [0.4, 0.5) is 11.5 Å². The lowest BCUT2D eigenvalue weighted by Gasteiger charge is -2.02. The highest BCUT2D eigenvalue weighted by Crippen LogP contribution is 2.34. The van der Waals surface area contributed by atoms with Gasteiger partial charge in [0, 0.05) is 23.0 Å². The van der Waals surface area contributed by atoms with Gasteiger partial charge in [-0.15, -0.1) is 0 Å². The largest absolute Gasteiger partial charge is 0.462 e. The average molecular weight is 356 g/mol. The molecule has 0 radical (unpaired) electrons. The SMILES string of the molecule is CCOC(=O)c1c(C)[nH]c(C=C2C(=O)Nc3ncc([N+](=O)[O-])cc32)c1C. The molecule has 0 unspecified atom stereocenters. The summed E-state index contributed by atoms with van der Waals surface area (Å²) >= 11 is 0. The summed E-state index contributed by atoms with van der Waals surface area (Å²) < 4.78 is 5.05. The quantitative estimate of drug-likeness (QED) is 0.375. The van der Waals surface area contributed by atoms with E-state index in [4.69, 9.17) is 4.74 Å². The number of hydrogen-bond donors (Lipinski definition) is 2. The molecule has 0 saturated carbocycles. The number of nitro groups is 1. The maximum atomic E-state index is 12.3. The number of anilines is 1. The molecule has 26 heavy (non-hydrogen) atoms. The second-order valence-electron chi connectivity index (χ2n) is 5.74. The second-order valence-corrected chi connectivity index (χ2v) is 5.74. The lowest BCUT2D eigenvalue weighted by atomic mass is 10.0. The van der Waals surface area contributed by atoms with Crippen LogP contribution in [0.3, 0.4) is 0 Å². The minimum atomic E-state index is -0.573. The predicted octanol–water partition coefficient (Wildman–Crippen LogP) is 2.60. The Morgan fingerprint density at radius 2 is 2.15 bits per heavy atom. The van der Waals surface area contributed by atoms with Gasteiger partial charge < -0.3 is 15.0 Å². The number of aromatic amines is 1. The first kappa shape index (κ1) is 17.3. The first-order valence-electron chi connectivity index (χ1n) is 7.87. The van der Waals surface area contributed by atoms with Gasteiger partial charge in [-0.3, -0.25) is 14.9 Å². The van der Waals surface area contributed by atoms with Crippen molar-refractivity contribution in [3.8, 4) is 0 Å². The number of nitrogens with zero attached hydrogens (tertiary/aromatic N) is 2. The standard InChI is InChI=1S/C17H16N4O5/c1-4-26-17(23)14-8(2)13(19-9(14)3)6-12-11-5-10(21(24)25)7-18-15(11)20-16(12)22/h5-7,19H,4H2,1-3H3,(H,18,20,22). The van der Waals surface area contributed by atoms with Gasteiger partial charge in [0.05, 0.1) is 22.7 Å². The van der Waals surface area contributed by atoms with Crippen LogP contribution in [0.2, 0.25) is 0 Å². The topological polar surface area (TPSA) is 127 Å². The maximum Gasteiger partial charge on any atom is 0.340 e. The van der Waals surface area contributed by atoms with Crippen molar-refractivity contribution in [2.75, 3.05) is 11.9 Å². The van der Waals surface area contributed by atoms with Crippen molar-refractivity contribution in [1.29, 1.82) is 0 Å². The number of hydrogen-bond acceptors (Lipinski definition) is 6. The van der Waals surface area contributed by atoms with Crippen molar-refractivity contribution in [2.24, 2.45) is 0 Å². The summed E-state index contributed by atoms with van der Waals surface area (Å²) in [4.78, 5) is 41.7. The lowest BCUT2D eigenvalue weighted by Crippen LogP contribution is -2.06. The molecule has 0 spiro atoms. The van der Waals surface area contributed by atoms with Crippen LogP contribution in [-0.2, 0) is 9.53 Å². The van der Waals surface area contributed by atoms with Gasteiger partial charge in [0.1, 0.15) is 12.0 Å². The van der Waals surface area contributed by atoms with E-state index in [0.29, 0.717) is 28.1 Å². The Balaban J connectivity index is 2.09. The summed E-state index contributed by atoms with van der Waals surface area (Å²) in [6.45, 7) is 5.44. The van der Waals surface area contributed by atoms with Crippen LogP contribution >= 0.6 is 0 Å². The van der Waals surface area contributed by atoms with Crippen LogP contribution in [-0.4, -0.2) is 33.4 Å². The van der Waals surface area contributed by atoms with Crippen molar-refractivity contribution in [3.63, 3.8) is 0 Å². The third-order valence-electron chi connectivity index (χ3n) is 4.10. The Morgan fingerprint density at radius 3 is 2.81 bits per heavy atom. The summed E-state index contributed by atoms with van der Waals surface area (Å²) in [5, 5.41) is 13.5. The third-order valence-corrected chi connectivity index (χ3v) is 4.10. The van der Waals surface area contributed by atoms with Gasteiger partial charge in [-0.2, -0.15) is 0 Å². The molecule has 134 valence electrons. The van der Waals surface area contributed by atoms with E-state index < -0.39 is 16.8 Å². The van der Waals surface area contributed by atoms with Crippen molar-refractivity contribution in [3.05, 3.63) is 50.5 Å². The number of esters is 1. The van der Waals surface area contributed by atoms with Gasteiger partial charge in [-0.1, -0.05) is 0 Å². The summed E-state index contributed by atoms with van der Waals surface area (Å²) in [5.74, 6) is -0.604. The fourth-order valence-electron chi connectivity index (χ4n) is 2.87. The molecule has 3 rings (SSSR count). The molecular formula is C17H16N4O5. The summed E-state index contributed by atoms with van der Waals surface area (Å²) in [6.07, 6.45) is 2.64. The first-order valence-corrected chi connectivity index (χ1v) is 7.87. The summed E-state index contributed by atoms with van der Waals surface area (Å²) in [6, 6.07) is 1.30. The minimum Gasteiger partial charge on any atom is -0.462 e. The molecule has 0 fully saturated rings. The molecular weight excluding hydrogens is 340 g/mol. The monoisotopic (exact) mass is 356 g/mol. The third kappa shape index (κ3) is 2.83. The zero-order valence-electron chi connectivity index (χ0n) is 14.4. The predicted molar refractivity (Wildman–Crippen MR) is 93.6 cm³/mol. The van der Waals surface area contributed by atoms with E-state index in [1.165, 1.54) is 6.07 Å². The molecule has 1 aliphatic heterocycles. The van der Waals surface area contributed by atoms with Crippen LogP contribution in [0.15, 0.2) is 12.3 Å². The number of nitrogens with one attached hydrogen (secondary N) is 2. The zero-order chi connectivity index (χ0) is 19.0. The maximum absolute atomic E-state index is 12.3. The van der Waals surface area contributed by atoms with Gasteiger partial charge in [0.2, 0.25) is 0 Å². The normalized spacial score (nSPS) is 14.3. The number of pyridine rings is 1. The number of fused-ring (bicyclic) bond motifs is 1. The number of aromatic nitrogens is 2. The fraction of sp³-hybridized carbons (Fsp3) is 0.235. The second kappa shape index (κ2) is 6.43. The van der Waals surface area contributed by atoms with E-state index in [1.54, 1.807) is 26.8 Å². The summed E-state index contributed by atoms with van der Waals surface area (Å²) in [7, 11) is 0. The van der Waals surface area contributed by atoms with Crippen molar-refractivity contribution in [1.82, 2.24) is 9.97 Å². The molecule has 1 amide bonds. The van der Waals surface area contributed by atoms with E-state index in [-0.39, 0.29) is 23.7 Å². The van der Waals surface area contributed by atoms with E-state index in [9.17, 15) is 19.7 Å². The highest BCUT2D eigenvalue weighted by molar-refractivity contribution is 6.34. The molecule has 0 bridgehead atoms.